The minimum absolute atomic E-state index is 0.0303. The molecule has 6 nitrogen and oxygen atoms in total. The van der Waals surface area contributed by atoms with E-state index in [1.54, 1.807) is 25.1 Å². The Morgan fingerprint density at radius 1 is 1.56 bits per heavy atom. The van der Waals surface area contributed by atoms with Crippen molar-refractivity contribution in [2.45, 2.75) is 24.3 Å². The number of sulfonamides is 1. The van der Waals surface area contributed by atoms with Crippen molar-refractivity contribution in [2.75, 3.05) is 0 Å². The van der Waals surface area contributed by atoms with E-state index >= 15 is 0 Å². The number of hydrogen-bond donors (Lipinski definition) is 3. The van der Waals surface area contributed by atoms with Crippen molar-refractivity contribution in [3.63, 3.8) is 0 Å². The molecular formula is C10H14BrN3O3S. The summed E-state index contributed by atoms with van der Waals surface area (Å²) in [6, 6.07) is 6.01. The van der Waals surface area contributed by atoms with E-state index in [1.165, 1.54) is 6.07 Å². The molecule has 18 heavy (non-hydrogen) atoms. The largest absolute Gasteiger partial charge is 0.409 e. The van der Waals surface area contributed by atoms with Crippen molar-refractivity contribution in [3.8, 4) is 0 Å². The van der Waals surface area contributed by atoms with Crippen molar-refractivity contribution in [1.29, 1.82) is 0 Å². The molecule has 1 atom stereocenters. The van der Waals surface area contributed by atoms with Gasteiger partial charge in [-0.1, -0.05) is 17.3 Å². The van der Waals surface area contributed by atoms with Crippen LogP contribution >= 0.6 is 15.9 Å². The Hall–Kier alpha value is -1.12. The normalized spacial score (nSPS) is 14.4. The van der Waals surface area contributed by atoms with E-state index in [4.69, 9.17) is 10.9 Å². The number of nitrogens with two attached hydrogens (primary N) is 1. The van der Waals surface area contributed by atoms with Crippen LogP contribution in [0.4, 0.5) is 0 Å². The quantitative estimate of drug-likeness (QED) is 0.326. The monoisotopic (exact) mass is 335 g/mol. The number of hydrogen-bond acceptors (Lipinski definition) is 4. The fourth-order valence-corrected chi connectivity index (χ4v) is 3.63. The van der Waals surface area contributed by atoms with E-state index < -0.39 is 16.1 Å². The van der Waals surface area contributed by atoms with Crippen LogP contribution in [0.15, 0.2) is 38.8 Å². The molecular weight excluding hydrogens is 322 g/mol. The van der Waals surface area contributed by atoms with E-state index in [9.17, 15) is 8.42 Å². The highest BCUT2D eigenvalue weighted by atomic mass is 79.9. The second kappa shape index (κ2) is 6.17. The molecule has 1 unspecified atom stereocenters. The Morgan fingerprint density at radius 3 is 2.72 bits per heavy atom. The predicted octanol–water partition coefficient (Wildman–Crippen LogP) is 1.25. The Morgan fingerprint density at radius 2 is 2.17 bits per heavy atom. The van der Waals surface area contributed by atoms with Crippen LogP contribution in [0.3, 0.4) is 0 Å². The maximum atomic E-state index is 12.0. The number of amidine groups is 1. The van der Waals surface area contributed by atoms with Crippen LogP contribution in [0.25, 0.3) is 0 Å². The summed E-state index contributed by atoms with van der Waals surface area (Å²) >= 11 is 3.18. The lowest BCUT2D eigenvalue weighted by molar-refractivity contribution is 0.316. The van der Waals surface area contributed by atoms with Gasteiger partial charge in [-0.05, 0) is 35.0 Å². The number of halogens is 1. The van der Waals surface area contributed by atoms with E-state index in [0.717, 1.165) is 0 Å². The zero-order valence-electron chi connectivity index (χ0n) is 9.67. The molecule has 0 bridgehead atoms. The molecule has 0 saturated carbocycles. The lowest BCUT2D eigenvalue weighted by atomic mass is 10.2. The van der Waals surface area contributed by atoms with Gasteiger partial charge in [-0.25, -0.2) is 13.1 Å². The van der Waals surface area contributed by atoms with E-state index in [-0.39, 0.29) is 17.2 Å². The van der Waals surface area contributed by atoms with Gasteiger partial charge in [0.25, 0.3) is 0 Å². The van der Waals surface area contributed by atoms with Gasteiger partial charge < -0.3 is 10.9 Å². The number of oxime groups is 1. The topological polar surface area (TPSA) is 105 Å². The summed E-state index contributed by atoms with van der Waals surface area (Å²) < 4.78 is 27.0. The van der Waals surface area contributed by atoms with E-state index in [2.05, 4.69) is 25.8 Å². The van der Waals surface area contributed by atoms with Gasteiger partial charge in [0.15, 0.2) is 0 Å². The molecule has 0 saturated heterocycles. The Kier molecular flexibility index (Phi) is 5.12. The zero-order chi connectivity index (χ0) is 13.8. The SMILES string of the molecule is CC(CC(N)=NO)NS(=O)(=O)c1ccccc1Br. The van der Waals surface area contributed by atoms with Crippen LogP contribution in [0, 0.1) is 0 Å². The summed E-state index contributed by atoms with van der Waals surface area (Å²) in [5.41, 5.74) is 5.32. The van der Waals surface area contributed by atoms with Crippen LogP contribution in [-0.2, 0) is 10.0 Å². The molecule has 0 heterocycles. The van der Waals surface area contributed by atoms with Gasteiger partial charge in [-0.3, -0.25) is 0 Å². The fourth-order valence-electron chi connectivity index (χ4n) is 1.39. The second-order valence-electron chi connectivity index (χ2n) is 3.75. The van der Waals surface area contributed by atoms with Gasteiger partial charge in [0.1, 0.15) is 5.84 Å². The lowest BCUT2D eigenvalue weighted by Crippen LogP contribution is -2.35. The fraction of sp³-hybridized carbons (Fsp3) is 0.300. The highest BCUT2D eigenvalue weighted by Gasteiger charge is 2.20. The summed E-state index contributed by atoms with van der Waals surface area (Å²) in [6.07, 6.45) is 0.125. The van der Waals surface area contributed by atoms with Gasteiger partial charge in [-0.2, -0.15) is 0 Å². The molecule has 0 aliphatic carbocycles. The first-order chi connectivity index (χ1) is 8.36. The lowest BCUT2D eigenvalue weighted by Gasteiger charge is -2.14. The highest BCUT2D eigenvalue weighted by molar-refractivity contribution is 9.10. The maximum Gasteiger partial charge on any atom is 0.241 e. The summed E-state index contributed by atoms with van der Waals surface area (Å²) in [5, 5.41) is 11.2. The molecule has 0 aliphatic rings. The first-order valence-corrected chi connectivity index (χ1v) is 7.37. The van der Waals surface area contributed by atoms with Gasteiger partial charge >= 0.3 is 0 Å². The number of nitrogens with zero attached hydrogens (tertiary/aromatic N) is 1. The molecule has 4 N–H and O–H groups in total. The third-order valence-electron chi connectivity index (χ3n) is 2.13. The molecule has 0 aliphatic heterocycles. The maximum absolute atomic E-state index is 12.0. The molecule has 100 valence electrons. The summed E-state index contributed by atoms with van der Waals surface area (Å²) in [4.78, 5) is 0.149. The molecule has 1 rings (SSSR count). The van der Waals surface area contributed by atoms with Crippen LogP contribution in [-0.4, -0.2) is 25.5 Å². The van der Waals surface area contributed by atoms with E-state index in [0.29, 0.717) is 4.47 Å². The Labute approximate surface area is 114 Å². The van der Waals surface area contributed by atoms with Gasteiger partial charge in [0, 0.05) is 16.9 Å². The number of rotatable bonds is 5. The minimum atomic E-state index is -3.63. The smallest absolute Gasteiger partial charge is 0.241 e. The molecule has 1 aromatic carbocycles. The van der Waals surface area contributed by atoms with Crippen LogP contribution in [0.2, 0.25) is 0 Å². The molecule has 0 radical (unpaired) electrons. The minimum Gasteiger partial charge on any atom is -0.409 e. The number of nitrogens with one attached hydrogen (secondary N) is 1. The van der Waals surface area contributed by atoms with Crippen LogP contribution in [0.5, 0.6) is 0 Å². The standard InChI is InChI=1S/C10H14BrN3O3S/c1-7(6-10(12)13-15)14-18(16,17)9-5-3-2-4-8(9)11/h2-5,7,14-15H,6H2,1H3,(H2,12,13). The average Bonchev–Trinajstić information content (AvgIpc) is 2.28. The van der Waals surface area contributed by atoms with Gasteiger partial charge in [-0.15, -0.1) is 0 Å². The molecule has 0 spiro atoms. The third kappa shape index (κ3) is 3.97. The summed E-state index contributed by atoms with van der Waals surface area (Å²) in [7, 11) is -3.63. The first-order valence-electron chi connectivity index (χ1n) is 5.10. The summed E-state index contributed by atoms with van der Waals surface area (Å²) in [5.74, 6) is -0.0303. The van der Waals surface area contributed by atoms with Crippen molar-refractivity contribution in [2.24, 2.45) is 10.9 Å². The Bertz CT molecular complexity index is 545. The van der Waals surface area contributed by atoms with Crippen molar-refractivity contribution < 1.29 is 13.6 Å². The van der Waals surface area contributed by atoms with Crippen molar-refractivity contribution in [1.82, 2.24) is 4.72 Å². The Balaban J connectivity index is 2.87. The zero-order valence-corrected chi connectivity index (χ0v) is 12.1. The summed E-state index contributed by atoms with van der Waals surface area (Å²) in [6.45, 7) is 1.63. The first kappa shape index (κ1) is 14.9. The van der Waals surface area contributed by atoms with Crippen molar-refractivity contribution in [3.05, 3.63) is 28.7 Å². The molecule has 8 heteroatoms. The van der Waals surface area contributed by atoms with Crippen LogP contribution < -0.4 is 10.5 Å². The molecule has 0 aromatic heterocycles. The third-order valence-corrected chi connectivity index (χ3v) is 4.73. The molecule has 1 aromatic rings. The van der Waals surface area contributed by atoms with Crippen molar-refractivity contribution >= 4 is 31.8 Å². The molecule has 0 amide bonds. The van der Waals surface area contributed by atoms with E-state index in [1.807, 2.05) is 0 Å². The average molecular weight is 336 g/mol. The molecule has 0 fully saturated rings. The second-order valence-corrected chi connectivity index (χ2v) is 6.28. The van der Waals surface area contributed by atoms with Gasteiger partial charge in [0.05, 0.1) is 4.90 Å². The predicted molar refractivity (Wildman–Crippen MR) is 72.0 cm³/mol. The highest BCUT2D eigenvalue weighted by Crippen LogP contribution is 2.21. The van der Waals surface area contributed by atoms with Crippen LogP contribution in [0.1, 0.15) is 13.3 Å². The number of benzene rings is 1. The van der Waals surface area contributed by atoms with Gasteiger partial charge in [0.2, 0.25) is 10.0 Å².